The average molecular weight is 404 g/mol. The van der Waals surface area contributed by atoms with Crippen LogP contribution in [-0.4, -0.2) is 28.1 Å². The number of thioether (sulfide) groups is 1. The first-order chi connectivity index (χ1) is 13.0. The van der Waals surface area contributed by atoms with Crippen LogP contribution >= 0.6 is 23.4 Å². The molecule has 138 valence electrons. The Balaban J connectivity index is 1.81. The van der Waals surface area contributed by atoms with Crippen LogP contribution in [0.15, 0.2) is 52.1 Å². The van der Waals surface area contributed by atoms with Gasteiger partial charge in [-0.05, 0) is 37.3 Å². The number of hydrogen-bond donors (Lipinski definition) is 1. The Kier molecular flexibility index (Phi) is 4.72. The molecule has 0 amide bonds. The van der Waals surface area contributed by atoms with E-state index < -0.39 is 11.2 Å². The SMILES string of the molecule is CC(Sc1nc(-c2ccc3c(c2)OCO3)c(-c2cccc(Cl)c2)o1)C(=O)O. The molecule has 1 aliphatic rings. The molecule has 0 fully saturated rings. The number of carboxylic acid groups (broad SMARTS) is 1. The predicted octanol–water partition coefficient (Wildman–Crippen LogP) is 4.96. The van der Waals surface area contributed by atoms with Gasteiger partial charge in [0, 0.05) is 16.1 Å². The van der Waals surface area contributed by atoms with E-state index in [1.165, 1.54) is 0 Å². The van der Waals surface area contributed by atoms with Crippen molar-refractivity contribution >= 4 is 29.3 Å². The topological polar surface area (TPSA) is 81.8 Å². The van der Waals surface area contributed by atoms with Gasteiger partial charge in [0.2, 0.25) is 6.79 Å². The quantitative estimate of drug-likeness (QED) is 0.603. The molecule has 0 bridgehead atoms. The van der Waals surface area contributed by atoms with Gasteiger partial charge in [-0.15, -0.1) is 0 Å². The van der Waals surface area contributed by atoms with Crippen molar-refractivity contribution in [1.82, 2.24) is 4.98 Å². The molecule has 1 aromatic heterocycles. The number of halogens is 1. The lowest BCUT2D eigenvalue weighted by Crippen LogP contribution is -2.10. The van der Waals surface area contributed by atoms with E-state index >= 15 is 0 Å². The van der Waals surface area contributed by atoms with Gasteiger partial charge in [-0.25, -0.2) is 4.98 Å². The van der Waals surface area contributed by atoms with Crippen molar-refractivity contribution in [3.8, 4) is 34.1 Å². The zero-order chi connectivity index (χ0) is 19.0. The summed E-state index contributed by atoms with van der Waals surface area (Å²) in [6, 6.07) is 12.7. The standard InChI is InChI=1S/C19H14ClNO5S/c1-10(18(22)23)27-19-21-16(11-5-6-14-15(8-11)25-9-24-14)17(26-19)12-3-2-4-13(20)7-12/h2-8,10H,9H2,1H3,(H,22,23). The molecule has 1 atom stereocenters. The van der Waals surface area contributed by atoms with Crippen molar-refractivity contribution in [1.29, 1.82) is 0 Å². The molecule has 2 aromatic carbocycles. The van der Waals surface area contributed by atoms with Crippen molar-refractivity contribution in [2.75, 3.05) is 6.79 Å². The van der Waals surface area contributed by atoms with E-state index in [2.05, 4.69) is 4.98 Å². The molecule has 4 rings (SSSR count). The highest BCUT2D eigenvalue weighted by Crippen LogP contribution is 2.41. The van der Waals surface area contributed by atoms with Crippen molar-refractivity contribution in [3.63, 3.8) is 0 Å². The number of carboxylic acids is 1. The summed E-state index contributed by atoms with van der Waals surface area (Å²) in [7, 11) is 0. The van der Waals surface area contributed by atoms with Crippen LogP contribution < -0.4 is 9.47 Å². The van der Waals surface area contributed by atoms with Crippen molar-refractivity contribution in [3.05, 3.63) is 47.5 Å². The minimum Gasteiger partial charge on any atom is -0.480 e. The Morgan fingerprint density at radius 2 is 2.00 bits per heavy atom. The summed E-state index contributed by atoms with van der Waals surface area (Å²) in [5, 5.41) is 9.30. The normalized spacial score (nSPS) is 13.6. The summed E-state index contributed by atoms with van der Waals surface area (Å²) in [5.41, 5.74) is 2.10. The molecule has 6 nitrogen and oxygen atoms in total. The number of hydrogen-bond acceptors (Lipinski definition) is 6. The zero-order valence-corrected chi connectivity index (χ0v) is 15.7. The highest BCUT2D eigenvalue weighted by atomic mass is 35.5. The molecular weight excluding hydrogens is 390 g/mol. The van der Waals surface area contributed by atoms with Gasteiger partial charge in [0.05, 0.1) is 0 Å². The molecule has 27 heavy (non-hydrogen) atoms. The van der Waals surface area contributed by atoms with Gasteiger partial charge in [-0.3, -0.25) is 4.79 Å². The molecule has 1 aliphatic heterocycles. The van der Waals surface area contributed by atoms with Gasteiger partial charge in [-0.1, -0.05) is 35.5 Å². The van der Waals surface area contributed by atoms with Gasteiger partial charge in [0.1, 0.15) is 10.9 Å². The third kappa shape index (κ3) is 3.61. The number of fused-ring (bicyclic) bond motifs is 1. The van der Waals surface area contributed by atoms with Crippen LogP contribution in [0, 0.1) is 0 Å². The fourth-order valence-corrected chi connectivity index (χ4v) is 3.49. The van der Waals surface area contributed by atoms with Crippen molar-refractivity contribution in [2.45, 2.75) is 17.4 Å². The second-order valence-corrected chi connectivity index (χ2v) is 7.56. The largest absolute Gasteiger partial charge is 0.480 e. The second kappa shape index (κ2) is 7.17. The Morgan fingerprint density at radius 1 is 1.19 bits per heavy atom. The van der Waals surface area contributed by atoms with E-state index in [4.69, 9.17) is 30.6 Å². The Bertz CT molecular complexity index is 1020. The molecule has 0 saturated heterocycles. The first-order valence-electron chi connectivity index (χ1n) is 8.07. The number of aliphatic carboxylic acids is 1. The number of nitrogens with zero attached hydrogens (tertiary/aromatic N) is 1. The third-order valence-corrected chi connectivity index (χ3v) is 5.13. The van der Waals surface area contributed by atoms with E-state index in [9.17, 15) is 4.79 Å². The van der Waals surface area contributed by atoms with Crippen LogP contribution in [0.25, 0.3) is 22.6 Å². The summed E-state index contributed by atoms with van der Waals surface area (Å²) in [6.45, 7) is 1.76. The Morgan fingerprint density at radius 3 is 2.78 bits per heavy atom. The summed E-state index contributed by atoms with van der Waals surface area (Å²) < 4.78 is 16.7. The third-order valence-electron chi connectivity index (χ3n) is 3.97. The first kappa shape index (κ1) is 17.8. The molecule has 0 radical (unpaired) electrons. The van der Waals surface area contributed by atoms with Crippen LogP contribution in [0.4, 0.5) is 0 Å². The summed E-state index contributed by atoms with van der Waals surface area (Å²) in [4.78, 5) is 15.7. The second-order valence-electron chi connectivity index (χ2n) is 5.83. The smallest absolute Gasteiger partial charge is 0.316 e. The number of benzene rings is 2. The number of aromatic nitrogens is 1. The van der Waals surface area contributed by atoms with Crippen LogP contribution in [0.3, 0.4) is 0 Å². The first-order valence-corrected chi connectivity index (χ1v) is 9.33. The van der Waals surface area contributed by atoms with Crippen molar-refractivity contribution in [2.24, 2.45) is 0 Å². The fraction of sp³-hybridized carbons (Fsp3) is 0.158. The lowest BCUT2D eigenvalue weighted by atomic mass is 10.1. The number of carbonyl (C=O) groups is 1. The lowest BCUT2D eigenvalue weighted by Gasteiger charge is -2.03. The summed E-state index contributed by atoms with van der Waals surface area (Å²) in [6.07, 6.45) is 0. The Hall–Kier alpha value is -2.64. The van der Waals surface area contributed by atoms with E-state index in [0.717, 1.165) is 22.9 Å². The van der Waals surface area contributed by atoms with E-state index in [1.807, 2.05) is 24.3 Å². The Labute approximate surface area is 164 Å². The highest BCUT2D eigenvalue weighted by molar-refractivity contribution is 8.00. The molecule has 2 heterocycles. The monoisotopic (exact) mass is 403 g/mol. The molecule has 0 aliphatic carbocycles. The molecule has 1 unspecified atom stereocenters. The van der Waals surface area contributed by atoms with Crippen LogP contribution in [-0.2, 0) is 4.79 Å². The van der Waals surface area contributed by atoms with Gasteiger partial charge < -0.3 is 19.0 Å². The fourth-order valence-electron chi connectivity index (χ4n) is 2.62. The molecule has 0 saturated carbocycles. The van der Waals surface area contributed by atoms with E-state index in [-0.39, 0.29) is 12.0 Å². The number of ether oxygens (including phenoxy) is 2. The molecule has 3 aromatic rings. The average Bonchev–Trinajstić information content (AvgIpc) is 3.27. The van der Waals surface area contributed by atoms with Crippen LogP contribution in [0.1, 0.15) is 6.92 Å². The van der Waals surface area contributed by atoms with Crippen LogP contribution in [0.5, 0.6) is 11.5 Å². The number of rotatable bonds is 5. The lowest BCUT2D eigenvalue weighted by molar-refractivity contribution is -0.136. The summed E-state index contributed by atoms with van der Waals surface area (Å²) >= 11 is 7.16. The molecule has 8 heteroatoms. The van der Waals surface area contributed by atoms with Crippen LogP contribution in [0.2, 0.25) is 5.02 Å². The minimum atomic E-state index is -0.938. The molecule has 1 N–H and O–H groups in total. The maximum Gasteiger partial charge on any atom is 0.316 e. The zero-order valence-electron chi connectivity index (χ0n) is 14.1. The molecular formula is C19H14ClNO5S. The number of oxazole rings is 1. The highest BCUT2D eigenvalue weighted by Gasteiger charge is 2.23. The van der Waals surface area contributed by atoms with Gasteiger partial charge in [0.25, 0.3) is 5.22 Å². The van der Waals surface area contributed by atoms with Gasteiger partial charge in [0.15, 0.2) is 17.3 Å². The van der Waals surface area contributed by atoms with E-state index in [0.29, 0.717) is 28.0 Å². The van der Waals surface area contributed by atoms with Crippen molar-refractivity contribution < 1.29 is 23.8 Å². The maximum atomic E-state index is 11.2. The maximum absolute atomic E-state index is 11.2. The predicted molar refractivity (Wildman–Crippen MR) is 101 cm³/mol. The van der Waals surface area contributed by atoms with Gasteiger partial charge >= 0.3 is 5.97 Å². The van der Waals surface area contributed by atoms with Gasteiger partial charge in [-0.2, -0.15) is 0 Å². The van der Waals surface area contributed by atoms with E-state index in [1.54, 1.807) is 25.1 Å². The minimum absolute atomic E-state index is 0.177. The summed E-state index contributed by atoms with van der Waals surface area (Å²) in [5.74, 6) is 0.866. The molecule has 0 spiro atoms.